The Hall–Kier alpha value is -1.50. The summed E-state index contributed by atoms with van der Waals surface area (Å²) >= 11 is 3.38. The summed E-state index contributed by atoms with van der Waals surface area (Å²) in [6.45, 7) is 8.21. The maximum absolute atomic E-state index is 12.1. The number of anilines is 1. The molecule has 1 saturated heterocycles. The quantitative estimate of drug-likeness (QED) is 0.748. The molecule has 7 heteroatoms. The van der Waals surface area contributed by atoms with E-state index in [1.165, 1.54) is 0 Å². The van der Waals surface area contributed by atoms with Crippen molar-refractivity contribution in [2.75, 3.05) is 38.2 Å². The zero-order valence-corrected chi connectivity index (χ0v) is 15.0. The highest BCUT2D eigenvalue weighted by molar-refractivity contribution is 9.10. The van der Waals surface area contributed by atoms with Crippen LogP contribution in [0.3, 0.4) is 0 Å². The van der Waals surface area contributed by atoms with Crippen LogP contribution >= 0.6 is 15.9 Å². The van der Waals surface area contributed by atoms with Gasteiger partial charge in [0, 0.05) is 26.2 Å². The van der Waals surface area contributed by atoms with Crippen LogP contribution in [0.1, 0.15) is 20.8 Å². The molecule has 0 radical (unpaired) electrons. The molecule has 0 unspecified atom stereocenters. The third-order valence-electron chi connectivity index (χ3n) is 3.26. The smallest absolute Gasteiger partial charge is 0.410 e. The van der Waals surface area contributed by atoms with E-state index in [1.807, 2.05) is 32.9 Å². The maximum atomic E-state index is 12.1. The number of methoxy groups -OCH3 is 1. The average Bonchev–Trinajstić information content (AvgIpc) is 2.45. The lowest BCUT2D eigenvalue weighted by Crippen LogP contribution is -2.50. The van der Waals surface area contributed by atoms with Crippen LogP contribution in [-0.2, 0) is 4.74 Å². The van der Waals surface area contributed by atoms with Gasteiger partial charge in [0.2, 0.25) is 0 Å². The van der Waals surface area contributed by atoms with Gasteiger partial charge in [-0.05, 0) is 48.8 Å². The van der Waals surface area contributed by atoms with Gasteiger partial charge in [-0.25, -0.2) is 9.78 Å². The number of aromatic nitrogens is 1. The molecule has 0 saturated carbocycles. The van der Waals surface area contributed by atoms with Gasteiger partial charge in [0.1, 0.15) is 10.2 Å². The second-order valence-electron chi connectivity index (χ2n) is 6.11. The van der Waals surface area contributed by atoms with Gasteiger partial charge in [0.05, 0.1) is 7.11 Å². The number of piperazine rings is 1. The third-order valence-corrected chi connectivity index (χ3v) is 3.70. The van der Waals surface area contributed by atoms with Crippen LogP contribution < -0.4 is 9.64 Å². The SMILES string of the molecule is COc1ccc(Br)nc1N1CCN(C(=O)OC(C)(C)C)CC1. The molecule has 122 valence electrons. The van der Waals surface area contributed by atoms with Gasteiger partial charge in [-0.2, -0.15) is 0 Å². The highest BCUT2D eigenvalue weighted by Gasteiger charge is 2.27. The highest BCUT2D eigenvalue weighted by Crippen LogP contribution is 2.28. The van der Waals surface area contributed by atoms with E-state index >= 15 is 0 Å². The molecule has 1 aromatic rings. The summed E-state index contributed by atoms with van der Waals surface area (Å²) in [5, 5.41) is 0. The molecule has 0 atom stereocenters. The first-order valence-electron chi connectivity index (χ1n) is 7.23. The number of rotatable bonds is 2. The summed E-state index contributed by atoms with van der Waals surface area (Å²) < 4.78 is 11.5. The van der Waals surface area contributed by atoms with E-state index in [-0.39, 0.29) is 6.09 Å². The first kappa shape index (κ1) is 16.9. The highest BCUT2D eigenvalue weighted by atomic mass is 79.9. The van der Waals surface area contributed by atoms with Crippen molar-refractivity contribution in [3.05, 3.63) is 16.7 Å². The number of amides is 1. The zero-order chi connectivity index (χ0) is 16.3. The van der Waals surface area contributed by atoms with Crippen LogP contribution in [0, 0.1) is 0 Å². The number of carbonyl (C=O) groups excluding carboxylic acids is 1. The van der Waals surface area contributed by atoms with Gasteiger partial charge in [0.25, 0.3) is 0 Å². The molecule has 22 heavy (non-hydrogen) atoms. The Labute approximate surface area is 139 Å². The summed E-state index contributed by atoms with van der Waals surface area (Å²) in [5.74, 6) is 1.52. The fourth-order valence-corrected chi connectivity index (χ4v) is 2.53. The maximum Gasteiger partial charge on any atom is 0.410 e. The molecule has 0 bridgehead atoms. The van der Waals surface area contributed by atoms with Crippen LogP contribution in [-0.4, -0.2) is 54.9 Å². The number of ether oxygens (including phenoxy) is 2. The molecular formula is C15H22BrN3O3. The van der Waals surface area contributed by atoms with Crippen molar-refractivity contribution in [2.45, 2.75) is 26.4 Å². The standard InChI is InChI=1S/C15H22BrN3O3/c1-15(2,3)22-14(20)19-9-7-18(8-10-19)13-11(21-4)5-6-12(16)17-13/h5-6H,7-10H2,1-4H3. The molecule has 2 heterocycles. The van der Waals surface area contributed by atoms with Gasteiger partial charge < -0.3 is 19.3 Å². The van der Waals surface area contributed by atoms with E-state index in [0.717, 1.165) is 16.2 Å². The predicted molar refractivity (Wildman–Crippen MR) is 88.5 cm³/mol. The Kier molecular flexibility index (Phi) is 5.16. The Morgan fingerprint density at radius 2 is 1.86 bits per heavy atom. The topological polar surface area (TPSA) is 54.9 Å². The molecule has 1 amide bonds. The summed E-state index contributed by atoms with van der Waals surface area (Å²) in [5.41, 5.74) is -0.469. The summed E-state index contributed by atoms with van der Waals surface area (Å²) in [6.07, 6.45) is -0.263. The molecule has 1 aromatic heterocycles. The van der Waals surface area contributed by atoms with Crippen molar-refractivity contribution in [3.8, 4) is 5.75 Å². The molecule has 1 aliphatic heterocycles. The fraction of sp³-hybridized carbons (Fsp3) is 0.600. The fourth-order valence-electron chi connectivity index (χ4n) is 2.23. The van der Waals surface area contributed by atoms with Crippen LogP contribution in [0.2, 0.25) is 0 Å². The van der Waals surface area contributed by atoms with E-state index in [2.05, 4.69) is 25.8 Å². The molecule has 0 aromatic carbocycles. The molecule has 0 aliphatic carbocycles. The Balaban J connectivity index is 2.00. The minimum atomic E-state index is -0.469. The normalized spacial score (nSPS) is 15.7. The van der Waals surface area contributed by atoms with E-state index in [4.69, 9.17) is 9.47 Å². The molecule has 1 aliphatic rings. The minimum absolute atomic E-state index is 0.263. The lowest BCUT2D eigenvalue weighted by Gasteiger charge is -2.36. The Bertz CT molecular complexity index is 537. The van der Waals surface area contributed by atoms with Crippen molar-refractivity contribution in [1.82, 2.24) is 9.88 Å². The number of pyridine rings is 1. The minimum Gasteiger partial charge on any atom is -0.493 e. The first-order chi connectivity index (χ1) is 10.3. The van der Waals surface area contributed by atoms with E-state index in [0.29, 0.717) is 26.2 Å². The molecule has 1 fully saturated rings. The van der Waals surface area contributed by atoms with Crippen molar-refractivity contribution < 1.29 is 14.3 Å². The number of carbonyl (C=O) groups is 1. The van der Waals surface area contributed by atoms with Crippen LogP contribution in [0.4, 0.5) is 10.6 Å². The van der Waals surface area contributed by atoms with Crippen LogP contribution in [0.15, 0.2) is 16.7 Å². The third kappa shape index (κ3) is 4.25. The van der Waals surface area contributed by atoms with Gasteiger partial charge in [0.15, 0.2) is 11.6 Å². The average molecular weight is 372 g/mol. The summed E-state index contributed by atoms with van der Waals surface area (Å²) in [6, 6.07) is 3.73. The number of halogens is 1. The van der Waals surface area contributed by atoms with E-state index < -0.39 is 5.60 Å². The van der Waals surface area contributed by atoms with Gasteiger partial charge in [-0.15, -0.1) is 0 Å². The monoisotopic (exact) mass is 371 g/mol. The van der Waals surface area contributed by atoms with Gasteiger partial charge in [-0.3, -0.25) is 0 Å². The van der Waals surface area contributed by atoms with E-state index in [9.17, 15) is 4.79 Å². The largest absolute Gasteiger partial charge is 0.493 e. The lowest BCUT2D eigenvalue weighted by atomic mass is 10.2. The number of nitrogens with zero attached hydrogens (tertiary/aromatic N) is 3. The van der Waals surface area contributed by atoms with Crippen LogP contribution in [0.25, 0.3) is 0 Å². The summed E-state index contributed by atoms with van der Waals surface area (Å²) in [4.78, 5) is 20.4. The molecular weight excluding hydrogens is 350 g/mol. The Morgan fingerprint density at radius 3 is 2.41 bits per heavy atom. The molecule has 6 nitrogen and oxygen atoms in total. The van der Waals surface area contributed by atoms with Gasteiger partial charge in [-0.1, -0.05) is 0 Å². The molecule has 0 N–H and O–H groups in total. The van der Waals surface area contributed by atoms with E-state index in [1.54, 1.807) is 12.0 Å². The van der Waals surface area contributed by atoms with Crippen molar-refractivity contribution in [3.63, 3.8) is 0 Å². The second-order valence-corrected chi connectivity index (χ2v) is 6.93. The molecule has 2 rings (SSSR count). The summed E-state index contributed by atoms with van der Waals surface area (Å²) in [7, 11) is 1.63. The Morgan fingerprint density at radius 1 is 1.23 bits per heavy atom. The lowest BCUT2D eigenvalue weighted by molar-refractivity contribution is 0.0240. The van der Waals surface area contributed by atoms with Crippen molar-refractivity contribution >= 4 is 27.8 Å². The van der Waals surface area contributed by atoms with Crippen LogP contribution in [0.5, 0.6) is 5.75 Å². The van der Waals surface area contributed by atoms with Crippen molar-refractivity contribution in [1.29, 1.82) is 0 Å². The van der Waals surface area contributed by atoms with Crippen molar-refractivity contribution in [2.24, 2.45) is 0 Å². The number of hydrogen-bond donors (Lipinski definition) is 0. The molecule has 0 spiro atoms. The predicted octanol–water partition coefficient (Wildman–Crippen LogP) is 2.91. The first-order valence-corrected chi connectivity index (χ1v) is 8.03. The zero-order valence-electron chi connectivity index (χ0n) is 13.4. The number of hydrogen-bond acceptors (Lipinski definition) is 5. The second kappa shape index (κ2) is 6.73. The van der Waals surface area contributed by atoms with Gasteiger partial charge >= 0.3 is 6.09 Å².